The largest absolute Gasteiger partial charge is 0.508 e. The van der Waals surface area contributed by atoms with Gasteiger partial charge in [0.15, 0.2) is 16.8 Å². The highest BCUT2D eigenvalue weighted by molar-refractivity contribution is 8.00. The third kappa shape index (κ3) is 5.52. The van der Waals surface area contributed by atoms with Crippen molar-refractivity contribution in [1.82, 2.24) is 14.8 Å². The first-order valence-electron chi connectivity index (χ1n) is 10.8. The summed E-state index contributed by atoms with van der Waals surface area (Å²) < 4.78 is 1.97. The molecule has 172 valence electrons. The predicted octanol–water partition coefficient (Wildman–Crippen LogP) is 5.02. The van der Waals surface area contributed by atoms with Crippen LogP contribution in [0.1, 0.15) is 29.8 Å². The molecule has 0 bridgehead atoms. The molecule has 1 heterocycles. The SMILES string of the molecule is CC(=O)c1ccc(NC(=O)[C@H](C)Sc2nnc(-c3ccc(O)cc3)n2Cc2ccccc2)cc1. The van der Waals surface area contributed by atoms with E-state index in [9.17, 15) is 14.7 Å². The van der Waals surface area contributed by atoms with Gasteiger partial charge in [-0.15, -0.1) is 10.2 Å². The van der Waals surface area contributed by atoms with Crippen molar-refractivity contribution in [2.75, 3.05) is 5.32 Å². The number of hydrogen-bond donors (Lipinski definition) is 2. The Bertz CT molecular complexity index is 1290. The van der Waals surface area contributed by atoms with E-state index >= 15 is 0 Å². The Kier molecular flexibility index (Phi) is 7.08. The zero-order valence-corrected chi connectivity index (χ0v) is 19.6. The Labute approximate surface area is 201 Å². The van der Waals surface area contributed by atoms with Crippen molar-refractivity contribution in [2.45, 2.75) is 30.8 Å². The van der Waals surface area contributed by atoms with E-state index in [1.807, 2.05) is 41.8 Å². The van der Waals surface area contributed by atoms with Gasteiger partial charge >= 0.3 is 0 Å². The molecule has 0 aliphatic carbocycles. The zero-order valence-electron chi connectivity index (χ0n) is 18.8. The maximum absolute atomic E-state index is 12.8. The number of carbonyl (C=O) groups is 2. The number of hydrogen-bond acceptors (Lipinski definition) is 6. The number of anilines is 1. The summed E-state index contributed by atoms with van der Waals surface area (Å²) in [6.45, 7) is 3.85. The highest BCUT2D eigenvalue weighted by atomic mass is 32.2. The molecule has 0 saturated heterocycles. The van der Waals surface area contributed by atoms with Crippen molar-refractivity contribution >= 4 is 29.1 Å². The first-order chi connectivity index (χ1) is 16.4. The number of benzene rings is 3. The number of amides is 1. The summed E-state index contributed by atoms with van der Waals surface area (Å²) in [6, 6.07) is 23.6. The van der Waals surface area contributed by atoms with Gasteiger partial charge in [0.1, 0.15) is 5.75 Å². The summed E-state index contributed by atoms with van der Waals surface area (Å²) in [5.41, 5.74) is 3.11. The third-order valence-corrected chi connectivity index (χ3v) is 6.32. The standard InChI is InChI=1S/C26H24N4O3S/c1-17(31)20-8-12-22(13-9-20)27-25(33)18(2)34-26-29-28-24(21-10-14-23(32)15-11-21)30(26)16-19-6-4-3-5-7-19/h3-15,18,32H,16H2,1-2H3,(H,27,33)/t18-/m0/s1. The van der Waals surface area contributed by atoms with Crippen molar-refractivity contribution in [3.63, 3.8) is 0 Å². The number of thioether (sulfide) groups is 1. The van der Waals surface area contributed by atoms with Gasteiger partial charge in [-0.1, -0.05) is 42.1 Å². The Morgan fingerprint density at radius 1 is 0.971 bits per heavy atom. The molecule has 0 fully saturated rings. The number of nitrogens with zero attached hydrogens (tertiary/aromatic N) is 3. The highest BCUT2D eigenvalue weighted by Gasteiger charge is 2.21. The lowest BCUT2D eigenvalue weighted by Gasteiger charge is -2.14. The van der Waals surface area contributed by atoms with Crippen molar-refractivity contribution < 1.29 is 14.7 Å². The number of Topliss-reactive ketones (excluding diaryl/α,β-unsaturated/α-hetero) is 1. The predicted molar refractivity (Wildman–Crippen MR) is 133 cm³/mol. The quantitative estimate of drug-likeness (QED) is 0.276. The molecule has 1 amide bonds. The smallest absolute Gasteiger partial charge is 0.237 e. The van der Waals surface area contributed by atoms with E-state index in [2.05, 4.69) is 15.5 Å². The van der Waals surface area contributed by atoms with Gasteiger partial charge in [-0.25, -0.2) is 0 Å². The maximum Gasteiger partial charge on any atom is 0.237 e. The summed E-state index contributed by atoms with van der Waals surface area (Å²) in [4.78, 5) is 24.3. The van der Waals surface area contributed by atoms with Crippen molar-refractivity contribution in [1.29, 1.82) is 0 Å². The average Bonchev–Trinajstić information content (AvgIpc) is 3.22. The molecule has 7 nitrogen and oxygen atoms in total. The lowest BCUT2D eigenvalue weighted by Crippen LogP contribution is -2.23. The molecule has 1 atom stereocenters. The van der Waals surface area contributed by atoms with Crippen LogP contribution < -0.4 is 5.32 Å². The Balaban J connectivity index is 1.55. The zero-order chi connectivity index (χ0) is 24.1. The molecule has 1 aromatic heterocycles. The van der Waals surface area contributed by atoms with Gasteiger partial charge in [-0.2, -0.15) is 0 Å². The summed E-state index contributed by atoms with van der Waals surface area (Å²) in [6.07, 6.45) is 0. The van der Waals surface area contributed by atoms with Crippen LogP contribution in [-0.4, -0.2) is 36.8 Å². The number of carbonyl (C=O) groups excluding carboxylic acids is 2. The minimum absolute atomic E-state index is 0.0241. The molecule has 0 unspecified atom stereocenters. The van der Waals surface area contributed by atoms with E-state index in [1.165, 1.54) is 18.7 Å². The van der Waals surface area contributed by atoms with E-state index in [1.54, 1.807) is 48.5 Å². The highest BCUT2D eigenvalue weighted by Crippen LogP contribution is 2.29. The number of phenolic OH excluding ortho intramolecular Hbond substituents is 1. The minimum Gasteiger partial charge on any atom is -0.508 e. The normalized spacial score (nSPS) is 11.7. The van der Waals surface area contributed by atoms with Crippen molar-refractivity contribution in [3.05, 3.63) is 90.0 Å². The van der Waals surface area contributed by atoms with Gasteiger partial charge in [0.25, 0.3) is 0 Å². The number of rotatable bonds is 8. The van der Waals surface area contributed by atoms with Crippen molar-refractivity contribution in [2.24, 2.45) is 0 Å². The molecule has 34 heavy (non-hydrogen) atoms. The van der Waals surface area contributed by atoms with Crippen LogP contribution in [0.2, 0.25) is 0 Å². The molecule has 0 spiro atoms. The molecule has 0 radical (unpaired) electrons. The van der Waals surface area contributed by atoms with Gasteiger partial charge < -0.3 is 10.4 Å². The number of phenols is 1. The fourth-order valence-corrected chi connectivity index (χ4v) is 4.20. The summed E-state index contributed by atoms with van der Waals surface area (Å²) in [5.74, 6) is 0.623. The average molecular weight is 473 g/mol. The van der Waals surface area contributed by atoms with E-state index in [0.29, 0.717) is 28.8 Å². The van der Waals surface area contributed by atoms with Gasteiger partial charge in [0, 0.05) is 16.8 Å². The third-order valence-electron chi connectivity index (χ3n) is 5.24. The second-order valence-electron chi connectivity index (χ2n) is 7.81. The summed E-state index contributed by atoms with van der Waals surface area (Å²) in [5, 5.41) is 21.5. The van der Waals surface area contributed by atoms with Crippen LogP contribution in [0.25, 0.3) is 11.4 Å². The molecule has 3 aromatic carbocycles. The topological polar surface area (TPSA) is 97.1 Å². The Hall–Kier alpha value is -3.91. The van der Waals surface area contributed by atoms with Crippen LogP contribution in [0.3, 0.4) is 0 Å². The number of nitrogens with one attached hydrogen (secondary N) is 1. The molecular formula is C26H24N4O3S. The molecule has 0 saturated carbocycles. The first kappa shape index (κ1) is 23.3. The van der Waals surface area contributed by atoms with Crippen molar-refractivity contribution in [3.8, 4) is 17.1 Å². The molecule has 2 N–H and O–H groups in total. The fourth-order valence-electron chi connectivity index (χ4n) is 3.35. The second-order valence-corrected chi connectivity index (χ2v) is 9.12. The molecule has 8 heteroatoms. The van der Waals surface area contributed by atoms with Crippen LogP contribution in [0.15, 0.2) is 84.0 Å². The number of ketones is 1. The van der Waals surface area contributed by atoms with Crippen LogP contribution in [0.5, 0.6) is 5.75 Å². The van der Waals surface area contributed by atoms with Gasteiger partial charge in [-0.05, 0) is 67.9 Å². The minimum atomic E-state index is -0.445. The van der Waals surface area contributed by atoms with Gasteiger partial charge in [-0.3, -0.25) is 14.2 Å². The molecule has 0 aliphatic rings. The van der Waals surface area contributed by atoms with E-state index in [0.717, 1.165) is 11.1 Å². The second kappa shape index (κ2) is 10.4. The van der Waals surface area contributed by atoms with Crippen LogP contribution in [0, 0.1) is 0 Å². The van der Waals surface area contributed by atoms with E-state index < -0.39 is 5.25 Å². The van der Waals surface area contributed by atoms with Crippen LogP contribution >= 0.6 is 11.8 Å². The van der Waals surface area contributed by atoms with Gasteiger partial charge in [0.2, 0.25) is 5.91 Å². The van der Waals surface area contributed by atoms with Crippen LogP contribution in [-0.2, 0) is 11.3 Å². The monoisotopic (exact) mass is 472 g/mol. The summed E-state index contributed by atoms with van der Waals surface area (Å²) >= 11 is 1.32. The summed E-state index contributed by atoms with van der Waals surface area (Å²) in [7, 11) is 0. The van der Waals surface area contributed by atoms with E-state index in [-0.39, 0.29) is 17.4 Å². The lowest BCUT2D eigenvalue weighted by atomic mass is 10.1. The molecule has 0 aliphatic heterocycles. The van der Waals surface area contributed by atoms with E-state index in [4.69, 9.17) is 0 Å². The first-order valence-corrected chi connectivity index (χ1v) is 11.6. The number of aromatic nitrogens is 3. The molecule has 4 aromatic rings. The fraction of sp³-hybridized carbons (Fsp3) is 0.154. The number of aromatic hydroxyl groups is 1. The molecule has 4 rings (SSSR count). The molecular weight excluding hydrogens is 448 g/mol. The Morgan fingerprint density at radius 2 is 1.65 bits per heavy atom. The van der Waals surface area contributed by atoms with Crippen LogP contribution in [0.4, 0.5) is 5.69 Å². The maximum atomic E-state index is 12.8. The lowest BCUT2D eigenvalue weighted by molar-refractivity contribution is -0.115. The van der Waals surface area contributed by atoms with Gasteiger partial charge in [0.05, 0.1) is 11.8 Å². The Morgan fingerprint density at radius 3 is 2.29 bits per heavy atom.